The Morgan fingerprint density at radius 1 is 1.23 bits per heavy atom. The van der Waals surface area contributed by atoms with E-state index in [1.54, 1.807) is 7.11 Å². The van der Waals surface area contributed by atoms with Crippen molar-refractivity contribution in [1.82, 2.24) is 5.32 Å². The summed E-state index contributed by atoms with van der Waals surface area (Å²) in [5.74, 6) is 2.04. The lowest BCUT2D eigenvalue weighted by molar-refractivity contribution is -0.116. The van der Waals surface area contributed by atoms with Crippen molar-refractivity contribution >= 4 is 29.4 Å². The molecule has 0 aliphatic carbocycles. The van der Waals surface area contributed by atoms with Gasteiger partial charge in [-0.1, -0.05) is 23.9 Å². The number of benzene rings is 2. The van der Waals surface area contributed by atoms with Crippen molar-refractivity contribution < 1.29 is 19.0 Å². The summed E-state index contributed by atoms with van der Waals surface area (Å²) in [4.78, 5) is 12.9. The van der Waals surface area contributed by atoms with E-state index in [4.69, 9.17) is 14.2 Å². The largest absolute Gasteiger partial charge is 0.495 e. The van der Waals surface area contributed by atoms with Crippen molar-refractivity contribution in [2.45, 2.75) is 12.4 Å². The standard InChI is InChI=1S/C19H18N2O4S/c1-11-3-5-14(23-2)13(7-11)20-19-21-18(22)17(26-19)9-12-4-6-15-16(8-12)25-10-24-15/h3-9,19-20H,10H2,1-2H3,(H,21,22)/b17-9-. The average Bonchev–Trinajstić information content (AvgIpc) is 3.21. The topological polar surface area (TPSA) is 68.8 Å². The third kappa shape index (κ3) is 3.30. The van der Waals surface area contributed by atoms with Crippen molar-refractivity contribution in [3.8, 4) is 17.2 Å². The molecule has 1 unspecified atom stereocenters. The van der Waals surface area contributed by atoms with Crippen LogP contribution in [0.25, 0.3) is 6.08 Å². The zero-order chi connectivity index (χ0) is 18.1. The fraction of sp³-hybridized carbons (Fsp3) is 0.211. The van der Waals surface area contributed by atoms with Crippen molar-refractivity contribution in [3.05, 3.63) is 52.4 Å². The van der Waals surface area contributed by atoms with E-state index in [2.05, 4.69) is 10.6 Å². The summed E-state index contributed by atoms with van der Waals surface area (Å²) in [6.07, 6.45) is 1.84. The van der Waals surface area contributed by atoms with E-state index < -0.39 is 0 Å². The van der Waals surface area contributed by atoms with Gasteiger partial charge in [-0.15, -0.1) is 0 Å². The van der Waals surface area contributed by atoms with Crippen molar-refractivity contribution in [2.75, 3.05) is 19.2 Å². The van der Waals surface area contributed by atoms with Crippen molar-refractivity contribution in [2.24, 2.45) is 0 Å². The number of aryl methyl sites for hydroxylation is 1. The van der Waals surface area contributed by atoms with Crippen LogP contribution in [0.5, 0.6) is 17.2 Å². The first-order chi connectivity index (χ1) is 12.6. The maximum atomic E-state index is 12.3. The number of ether oxygens (including phenoxy) is 3. The fourth-order valence-corrected chi connectivity index (χ4v) is 3.77. The van der Waals surface area contributed by atoms with E-state index in [1.165, 1.54) is 11.8 Å². The van der Waals surface area contributed by atoms with Gasteiger partial charge >= 0.3 is 0 Å². The SMILES string of the molecule is COc1ccc(C)cc1NC1NC(=O)/C(=C/c2ccc3c(c2)OCO3)S1. The normalized spacial score (nSPS) is 19.5. The van der Waals surface area contributed by atoms with Gasteiger partial charge < -0.3 is 24.8 Å². The highest BCUT2D eigenvalue weighted by Gasteiger charge is 2.28. The molecule has 134 valence electrons. The molecule has 1 fully saturated rings. The van der Waals surface area contributed by atoms with Gasteiger partial charge in [-0.05, 0) is 48.4 Å². The lowest BCUT2D eigenvalue weighted by Gasteiger charge is -2.16. The number of carbonyl (C=O) groups excluding carboxylic acids is 1. The smallest absolute Gasteiger partial charge is 0.260 e. The van der Waals surface area contributed by atoms with Gasteiger partial charge in [0, 0.05) is 0 Å². The Balaban J connectivity index is 1.51. The second-order valence-corrected chi connectivity index (χ2v) is 7.09. The number of nitrogens with one attached hydrogen (secondary N) is 2. The number of rotatable bonds is 4. The molecule has 0 saturated carbocycles. The van der Waals surface area contributed by atoms with Gasteiger partial charge in [-0.25, -0.2) is 0 Å². The second-order valence-electron chi connectivity index (χ2n) is 5.94. The van der Waals surface area contributed by atoms with Gasteiger partial charge in [0.05, 0.1) is 17.7 Å². The van der Waals surface area contributed by atoms with Crippen LogP contribution in [0.1, 0.15) is 11.1 Å². The predicted molar refractivity (Wildman–Crippen MR) is 101 cm³/mol. The maximum absolute atomic E-state index is 12.3. The summed E-state index contributed by atoms with van der Waals surface area (Å²) in [5, 5.41) is 6.24. The van der Waals surface area contributed by atoms with Crippen LogP contribution in [0.3, 0.4) is 0 Å². The van der Waals surface area contributed by atoms with Gasteiger partial charge in [0.25, 0.3) is 5.91 Å². The molecule has 2 N–H and O–H groups in total. The highest BCUT2D eigenvalue weighted by Crippen LogP contribution is 2.36. The van der Waals surface area contributed by atoms with Gasteiger partial charge in [0.15, 0.2) is 17.0 Å². The molecule has 2 aromatic carbocycles. The lowest BCUT2D eigenvalue weighted by Crippen LogP contribution is -2.31. The van der Waals surface area contributed by atoms with Crippen LogP contribution in [0.4, 0.5) is 5.69 Å². The molecule has 0 aromatic heterocycles. The molecule has 6 nitrogen and oxygen atoms in total. The highest BCUT2D eigenvalue weighted by atomic mass is 32.2. The molecule has 26 heavy (non-hydrogen) atoms. The van der Waals surface area contributed by atoms with E-state index >= 15 is 0 Å². The molecule has 0 spiro atoms. The molecule has 1 amide bonds. The number of hydrogen-bond donors (Lipinski definition) is 2. The highest BCUT2D eigenvalue weighted by molar-refractivity contribution is 8.05. The molecule has 2 aliphatic heterocycles. The number of fused-ring (bicyclic) bond motifs is 1. The van der Waals surface area contributed by atoms with E-state index in [0.29, 0.717) is 10.7 Å². The second kappa shape index (κ2) is 6.84. The zero-order valence-electron chi connectivity index (χ0n) is 14.4. The summed E-state index contributed by atoms with van der Waals surface area (Å²) < 4.78 is 16.1. The molecule has 7 heteroatoms. The van der Waals surface area contributed by atoms with E-state index in [1.807, 2.05) is 49.4 Å². The minimum absolute atomic E-state index is 0.114. The Kier molecular flexibility index (Phi) is 4.38. The molecule has 0 bridgehead atoms. The Morgan fingerprint density at radius 2 is 2.08 bits per heavy atom. The van der Waals surface area contributed by atoms with Crippen LogP contribution in [0, 0.1) is 6.92 Å². The van der Waals surface area contributed by atoms with Crippen molar-refractivity contribution in [3.63, 3.8) is 0 Å². The molecular weight excluding hydrogens is 352 g/mol. The number of amides is 1. The molecular formula is C19H18N2O4S. The molecule has 2 aromatic rings. The summed E-state index contributed by atoms with van der Waals surface area (Å²) in [5.41, 5.74) is 2.58. The lowest BCUT2D eigenvalue weighted by atomic mass is 10.2. The number of thioether (sulfide) groups is 1. The molecule has 0 radical (unpaired) electrons. The molecule has 2 heterocycles. The van der Waals surface area contributed by atoms with Gasteiger partial charge in [-0.2, -0.15) is 0 Å². The van der Waals surface area contributed by atoms with Crippen LogP contribution in [0.2, 0.25) is 0 Å². The Bertz CT molecular complexity index is 897. The fourth-order valence-electron chi connectivity index (χ4n) is 2.80. The quantitative estimate of drug-likeness (QED) is 0.805. The van der Waals surface area contributed by atoms with Crippen LogP contribution in [-0.2, 0) is 4.79 Å². The van der Waals surface area contributed by atoms with Gasteiger partial charge in [0.2, 0.25) is 6.79 Å². The number of methoxy groups -OCH3 is 1. The summed E-state index contributed by atoms with van der Waals surface area (Å²) in [7, 11) is 1.63. The van der Waals surface area contributed by atoms with Crippen LogP contribution in [0.15, 0.2) is 41.3 Å². The third-order valence-corrected chi connectivity index (χ3v) is 5.10. The first-order valence-electron chi connectivity index (χ1n) is 8.12. The van der Waals surface area contributed by atoms with Crippen molar-refractivity contribution in [1.29, 1.82) is 0 Å². The third-order valence-electron chi connectivity index (χ3n) is 4.07. The summed E-state index contributed by atoms with van der Waals surface area (Å²) in [6, 6.07) is 11.5. The van der Waals surface area contributed by atoms with Gasteiger partial charge in [0.1, 0.15) is 5.75 Å². The molecule has 4 rings (SSSR count). The number of anilines is 1. The average molecular weight is 370 g/mol. The van der Waals surface area contributed by atoms with E-state index in [9.17, 15) is 4.79 Å². The zero-order valence-corrected chi connectivity index (χ0v) is 15.2. The minimum Gasteiger partial charge on any atom is -0.495 e. The van der Waals surface area contributed by atoms with E-state index in [0.717, 1.165) is 28.3 Å². The number of carbonyl (C=O) groups is 1. The van der Waals surface area contributed by atoms with E-state index in [-0.39, 0.29) is 18.2 Å². The van der Waals surface area contributed by atoms with Crippen LogP contribution in [-0.4, -0.2) is 25.3 Å². The van der Waals surface area contributed by atoms with Crippen LogP contribution >= 0.6 is 11.8 Å². The first kappa shape index (κ1) is 16.7. The Morgan fingerprint density at radius 3 is 2.92 bits per heavy atom. The molecule has 1 atom stereocenters. The summed E-state index contributed by atoms with van der Waals surface area (Å²) in [6.45, 7) is 2.24. The Labute approximate surface area is 155 Å². The van der Waals surface area contributed by atoms with Crippen LogP contribution < -0.4 is 24.8 Å². The Hall–Kier alpha value is -2.80. The molecule has 1 saturated heterocycles. The first-order valence-corrected chi connectivity index (χ1v) is 9.00. The number of hydrogen-bond acceptors (Lipinski definition) is 6. The molecule has 2 aliphatic rings. The monoisotopic (exact) mass is 370 g/mol. The maximum Gasteiger partial charge on any atom is 0.260 e. The predicted octanol–water partition coefficient (Wildman–Crippen LogP) is 3.33. The minimum atomic E-state index is -0.265. The summed E-state index contributed by atoms with van der Waals surface area (Å²) >= 11 is 1.43. The van der Waals surface area contributed by atoms with Gasteiger partial charge in [-0.3, -0.25) is 4.79 Å².